The molecule has 4 heteroatoms. The number of benzene rings is 1. The van der Waals surface area contributed by atoms with Gasteiger partial charge >= 0.3 is 0 Å². The van der Waals surface area contributed by atoms with E-state index >= 15 is 0 Å². The van der Waals surface area contributed by atoms with Gasteiger partial charge in [-0.1, -0.05) is 17.7 Å². The van der Waals surface area contributed by atoms with Gasteiger partial charge in [0.25, 0.3) is 0 Å². The minimum Gasteiger partial charge on any atom is -0.301 e. The van der Waals surface area contributed by atoms with E-state index in [1.807, 2.05) is 26.0 Å². The lowest BCUT2D eigenvalue weighted by Gasteiger charge is -2.14. The summed E-state index contributed by atoms with van der Waals surface area (Å²) in [5.74, 6) is 0. The molecule has 0 amide bonds. The molecule has 2 rings (SSSR count). The summed E-state index contributed by atoms with van der Waals surface area (Å²) in [5.41, 5.74) is 1.93. The van der Waals surface area contributed by atoms with Crippen molar-refractivity contribution in [2.45, 2.75) is 37.0 Å². The van der Waals surface area contributed by atoms with Gasteiger partial charge in [-0.2, -0.15) is 0 Å². The molecule has 1 fully saturated rings. The second-order valence-corrected chi connectivity index (χ2v) is 6.50. The molecule has 1 aromatic rings. The lowest BCUT2D eigenvalue weighted by molar-refractivity contribution is 0.571. The molecule has 0 spiro atoms. The van der Waals surface area contributed by atoms with Gasteiger partial charge in [-0.25, -0.2) is 8.42 Å². The molecule has 1 aromatic carbocycles. The first-order valence-electron chi connectivity index (χ1n) is 5.56. The summed E-state index contributed by atoms with van der Waals surface area (Å²) >= 11 is 0. The van der Waals surface area contributed by atoms with Crippen molar-refractivity contribution in [3.05, 3.63) is 29.3 Å². The zero-order chi connectivity index (χ0) is 11.8. The number of aryl methyl sites for hydroxylation is 2. The van der Waals surface area contributed by atoms with Crippen LogP contribution in [0.4, 0.5) is 0 Å². The van der Waals surface area contributed by atoms with E-state index in [0.717, 1.165) is 30.5 Å². The average molecular weight is 239 g/mol. The first-order chi connectivity index (χ1) is 7.51. The van der Waals surface area contributed by atoms with Crippen LogP contribution in [0, 0.1) is 13.8 Å². The molecular formula is C12H17NO2S. The van der Waals surface area contributed by atoms with Gasteiger partial charge in [0, 0.05) is 0 Å². The molecule has 1 saturated heterocycles. The fourth-order valence-electron chi connectivity index (χ4n) is 2.19. The number of nitrogens with one attached hydrogen (secondary N) is 1. The second-order valence-electron chi connectivity index (χ2n) is 4.40. The van der Waals surface area contributed by atoms with Crippen LogP contribution < -0.4 is 5.32 Å². The Kier molecular flexibility index (Phi) is 3.04. The van der Waals surface area contributed by atoms with Gasteiger partial charge in [0.1, 0.15) is 5.37 Å². The molecule has 0 aliphatic carbocycles. The Hall–Kier alpha value is -0.870. The lowest BCUT2D eigenvalue weighted by atomic mass is 10.2. The SMILES string of the molecule is Cc1ccc(S(=O)(=O)C2CCCN2)c(C)c1. The van der Waals surface area contributed by atoms with Crippen LogP contribution in [0.1, 0.15) is 24.0 Å². The summed E-state index contributed by atoms with van der Waals surface area (Å²) in [6.07, 6.45) is 1.66. The van der Waals surface area contributed by atoms with Crippen molar-refractivity contribution >= 4 is 9.84 Å². The van der Waals surface area contributed by atoms with E-state index in [2.05, 4.69) is 5.32 Å². The van der Waals surface area contributed by atoms with Crippen LogP contribution in [-0.2, 0) is 9.84 Å². The highest BCUT2D eigenvalue weighted by molar-refractivity contribution is 7.92. The summed E-state index contributed by atoms with van der Waals surface area (Å²) in [6, 6.07) is 5.50. The smallest absolute Gasteiger partial charge is 0.194 e. The van der Waals surface area contributed by atoms with Crippen molar-refractivity contribution in [3.63, 3.8) is 0 Å². The normalized spacial score (nSPS) is 21.2. The van der Waals surface area contributed by atoms with Crippen LogP contribution in [0.5, 0.6) is 0 Å². The summed E-state index contributed by atoms with van der Waals surface area (Å²) in [6.45, 7) is 4.63. The fourth-order valence-corrected chi connectivity index (χ4v) is 4.08. The molecule has 0 bridgehead atoms. The van der Waals surface area contributed by atoms with Crippen LogP contribution in [-0.4, -0.2) is 20.3 Å². The fraction of sp³-hybridized carbons (Fsp3) is 0.500. The molecule has 0 aromatic heterocycles. The van der Waals surface area contributed by atoms with Crippen LogP contribution in [0.3, 0.4) is 0 Å². The predicted molar refractivity (Wildman–Crippen MR) is 64.1 cm³/mol. The highest BCUT2D eigenvalue weighted by Crippen LogP contribution is 2.24. The molecule has 88 valence electrons. The van der Waals surface area contributed by atoms with Gasteiger partial charge < -0.3 is 5.32 Å². The zero-order valence-corrected chi connectivity index (χ0v) is 10.5. The number of hydrogen-bond acceptors (Lipinski definition) is 3. The minimum absolute atomic E-state index is 0.395. The Labute approximate surface area is 96.8 Å². The van der Waals surface area contributed by atoms with E-state index in [0.29, 0.717) is 4.90 Å². The van der Waals surface area contributed by atoms with Gasteiger partial charge in [-0.05, 0) is 44.9 Å². The van der Waals surface area contributed by atoms with E-state index < -0.39 is 15.2 Å². The molecule has 1 atom stereocenters. The quantitative estimate of drug-likeness (QED) is 0.856. The molecule has 1 heterocycles. The van der Waals surface area contributed by atoms with Gasteiger partial charge in [0.15, 0.2) is 9.84 Å². The zero-order valence-electron chi connectivity index (χ0n) is 9.66. The van der Waals surface area contributed by atoms with Gasteiger partial charge in [0.2, 0.25) is 0 Å². The number of hydrogen-bond donors (Lipinski definition) is 1. The highest BCUT2D eigenvalue weighted by Gasteiger charge is 2.30. The summed E-state index contributed by atoms with van der Waals surface area (Å²) < 4.78 is 24.6. The van der Waals surface area contributed by atoms with Crippen molar-refractivity contribution < 1.29 is 8.42 Å². The van der Waals surface area contributed by atoms with E-state index in [1.54, 1.807) is 6.07 Å². The van der Waals surface area contributed by atoms with E-state index in [9.17, 15) is 8.42 Å². The summed E-state index contributed by atoms with van der Waals surface area (Å²) in [7, 11) is -3.20. The Morgan fingerprint density at radius 1 is 1.31 bits per heavy atom. The van der Waals surface area contributed by atoms with Crippen molar-refractivity contribution in [2.75, 3.05) is 6.54 Å². The third kappa shape index (κ3) is 1.99. The second kappa shape index (κ2) is 4.18. The molecule has 1 unspecified atom stereocenters. The van der Waals surface area contributed by atoms with Gasteiger partial charge in [0.05, 0.1) is 4.90 Å². The first-order valence-corrected chi connectivity index (χ1v) is 7.11. The van der Waals surface area contributed by atoms with Crippen LogP contribution in [0.2, 0.25) is 0 Å². The van der Waals surface area contributed by atoms with Crippen LogP contribution in [0.15, 0.2) is 23.1 Å². The van der Waals surface area contributed by atoms with Crippen LogP contribution in [0.25, 0.3) is 0 Å². The van der Waals surface area contributed by atoms with Crippen molar-refractivity contribution in [1.82, 2.24) is 5.32 Å². The van der Waals surface area contributed by atoms with Crippen molar-refractivity contribution in [1.29, 1.82) is 0 Å². The molecule has 1 N–H and O–H groups in total. The summed E-state index contributed by atoms with van der Waals surface area (Å²) in [4.78, 5) is 0.470. The van der Waals surface area contributed by atoms with E-state index in [4.69, 9.17) is 0 Å². The van der Waals surface area contributed by atoms with Crippen molar-refractivity contribution in [2.24, 2.45) is 0 Å². The maximum Gasteiger partial charge on any atom is 0.194 e. The highest BCUT2D eigenvalue weighted by atomic mass is 32.2. The Bertz CT molecular complexity index is 488. The molecular weight excluding hydrogens is 222 g/mol. The largest absolute Gasteiger partial charge is 0.301 e. The molecule has 1 aliphatic rings. The molecule has 0 saturated carbocycles. The maximum absolute atomic E-state index is 12.3. The monoisotopic (exact) mass is 239 g/mol. The lowest BCUT2D eigenvalue weighted by Crippen LogP contribution is -2.31. The number of rotatable bonds is 2. The Balaban J connectivity index is 2.42. The Morgan fingerprint density at radius 2 is 2.06 bits per heavy atom. The molecule has 3 nitrogen and oxygen atoms in total. The van der Waals surface area contributed by atoms with E-state index in [-0.39, 0.29) is 0 Å². The first kappa shape index (κ1) is 11.6. The Morgan fingerprint density at radius 3 is 2.62 bits per heavy atom. The topological polar surface area (TPSA) is 46.2 Å². The van der Waals surface area contributed by atoms with Gasteiger partial charge in [-0.3, -0.25) is 0 Å². The van der Waals surface area contributed by atoms with E-state index in [1.165, 1.54) is 0 Å². The molecule has 1 aliphatic heterocycles. The average Bonchev–Trinajstić information content (AvgIpc) is 2.69. The molecule has 16 heavy (non-hydrogen) atoms. The predicted octanol–water partition coefficient (Wildman–Crippen LogP) is 1.79. The number of sulfone groups is 1. The van der Waals surface area contributed by atoms with Crippen LogP contribution >= 0.6 is 0 Å². The summed E-state index contributed by atoms with van der Waals surface area (Å²) in [5, 5.41) is 2.65. The standard InChI is InChI=1S/C12H17NO2S/c1-9-5-6-11(10(2)8-9)16(14,15)12-4-3-7-13-12/h5-6,8,12-13H,3-4,7H2,1-2H3. The van der Waals surface area contributed by atoms with Crippen molar-refractivity contribution in [3.8, 4) is 0 Å². The van der Waals surface area contributed by atoms with Gasteiger partial charge in [-0.15, -0.1) is 0 Å². The third-order valence-electron chi connectivity index (χ3n) is 3.03. The third-order valence-corrected chi connectivity index (χ3v) is 5.25. The maximum atomic E-state index is 12.3. The molecule has 0 radical (unpaired) electrons. The minimum atomic E-state index is -3.20.